The lowest BCUT2D eigenvalue weighted by Gasteiger charge is -2.35. The average molecular weight is 394 g/mol. The lowest BCUT2D eigenvalue weighted by Crippen LogP contribution is -2.50. The van der Waals surface area contributed by atoms with Crippen molar-refractivity contribution in [3.8, 4) is 5.75 Å². The van der Waals surface area contributed by atoms with E-state index >= 15 is 0 Å². The molecule has 2 aliphatic heterocycles. The van der Waals surface area contributed by atoms with E-state index in [9.17, 15) is 9.59 Å². The maximum absolute atomic E-state index is 13.0. The van der Waals surface area contributed by atoms with E-state index in [1.54, 1.807) is 18.2 Å². The molecule has 1 aromatic heterocycles. The Morgan fingerprint density at radius 3 is 2.55 bits per heavy atom. The van der Waals surface area contributed by atoms with E-state index in [-0.39, 0.29) is 24.2 Å². The molecule has 2 aliphatic rings. The quantitative estimate of drug-likeness (QED) is 0.774. The molecule has 29 heavy (non-hydrogen) atoms. The van der Waals surface area contributed by atoms with E-state index in [2.05, 4.69) is 16.0 Å². The molecule has 0 saturated carbocycles. The highest BCUT2D eigenvalue weighted by atomic mass is 16.5. The van der Waals surface area contributed by atoms with Crippen LogP contribution in [0.4, 0.5) is 5.69 Å². The molecule has 7 heteroatoms. The van der Waals surface area contributed by atoms with Gasteiger partial charge in [0.15, 0.2) is 0 Å². The van der Waals surface area contributed by atoms with Crippen LogP contribution in [0.5, 0.6) is 5.75 Å². The molecule has 0 N–H and O–H groups in total. The summed E-state index contributed by atoms with van der Waals surface area (Å²) in [6.45, 7) is 4.37. The first-order valence-corrected chi connectivity index (χ1v) is 9.98. The highest BCUT2D eigenvalue weighted by molar-refractivity contribution is 6.00. The standard InChI is InChI=1S/C22H26N4O3/c1-29-20-6-4-19(5-7-20)26-16-18(13-21(26)27)22(28)25-11-9-24(10-12-25)15-17-3-2-8-23-14-17/h2-8,14,18H,9-13,15-16H2,1H3. The Morgan fingerprint density at radius 1 is 1.14 bits per heavy atom. The predicted molar refractivity (Wildman–Crippen MR) is 110 cm³/mol. The maximum Gasteiger partial charge on any atom is 0.228 e. The fraction of sp³-hybridized carbons (Fsp3) is 0.409. The van der Waals surface area contributed by atoms with Crippen molar-refractivity contribution in [1.29, 1.82) is 0 Å². The van der Waals surface area contributed by atoms with Gasteiger partial charge in [-0.2, -0.15) is 0 Å². The molecule has 0 bridgehead atoms. The summed E-state index contributed by atoms with van der Waals surface area (Å²) in [4.78, 5) is 35.6. The van der Waals surface area contributed by atoms with Gasteiger partial charge in [-0.25, -0.2) is 0 Å². The minimum Gasteiger partial charge on any atom is -0.497 e. The minimum atomic E-state index is -0.269. The van der Waals surface area contributed by atoms with Gasteiger partial charge in [-0.15, -0.1) is 0 Å². The van der Waals surface area contributed by atoms with Crippen LogP contribution in [0.25, 0.3) is 0 Å². The first-order valence-electron chi connectivity index (χ1n) is 9.98. The molecule has 152 valence electrons. The van der Waals surface area contributed by atoms with Gasteiger partial charge in [-0.05, 0) is 35.9 Å². The SMILES string of the molecule is COc1ccc(N2CC(C(=O)N3CCN(Cc4cccnc4)CC3)CC2=O)cc1. The summed E-state index contributed by atoms with van der Waals surface area (Å²) in [5, 5.41) is 0. The molecule has 1 atom stereocenters. The van der Waals surface area contributed by atoms with E-state index in [4.69, 9.17) is 4.74 Å². The molecule has 4 rings (SSSR count). The Morgan fingerprint density at radius 2 is 1.90 bits per heavy atom. The molecule has 1 aromatic carbocycles. The number of carbonyl (C=O) groups is 2. The van der Waals surface area contributed by atoms with Crippen LogP contribution in [0.3, 0.4) is 0 Å². The van der Waals surface area contributed by atoms with Crippen LogP contribution in [0.15, 0.2) is 48.8 Å². The Balaban J connectivity index is 1.31. The van der Waals surface area contributed by atoms with Crippen LogP contribution in [0.2, 0.25) is 0 Å². The first-order chi connectivity index (χ1) is 14.1. The van der Waals surface area contributed by atoms with Crippen molar-refractivity contribution >= 4 is 17.5 Å². The number of ether oxygens (including phenoxy) is 1. The molecule has 0 radical (unpaired) electrons. The molecule has 2 aromatic rings. The van der Waals surface area contributed by atoms with Gasteiger partial charge in [0.2, 0.25) is 11.8 Å². The number of methoxy groups -OCH3 is 1. The predicted octanol–water partition coefficient (Wildman–Crippen LogP) is 1.79. The van der Waals surface area contributed by atoms with Crippen molar-refractivity contribution in [3.63, 3.8) is 0 Å². The fourth-order valence-electron chi connectivity index (χ4n) is 4.02. The van der Waals surface area contributed by atoms with Gasteiger partial charge in [-0.3, -0.25) is 19.5 Å². The number of amides is 2. The minimum absolute atomic E-state index is 0.00345. The number of pyridine rings is 1. The first kappa shape index (κ1) is 19.4. The van der Waals surface area contributed by atoms with Crippen LogP contribution in [0, 0.1) is 5.92 Å². The maximum atomic E-state index is 13.0. The molecule has 7 nitrogen and oxygen atoms in total. The van der Waals surface area contributed by atoms with E-state index < -0.39 is 0 Å². The second kappa shape index (κ2) is 8.61. The molecule has 2 amide bonds. The highest BCUT2D eigenvalue weighted by Gasteiger charge is 2.37. The van der Waals surface area contributed by atoms with Crippen molar-refractivity contribution in [1.82, 2.24) is 14.8 Å². The number of benzene rings is 1. The summed E-state index contributed by atoms with van der Waals surface area (Å²) in [7, 11) is 1.61. The summed E-state index contributed by atoms with van der Waals surface area (Å²) in [6, 6.07) is 11.4. The number of aromatic nitrogens is 1. The van der Waals surface area contributed by atoms with Crippen molar-refractivity contribution in [2.45, 2.75) is 13.0 Å². The summed E-state index contributed by atoms with van der Waals surface area (Å²) in [5.41, 5.74) is 2.00. The Hall–Kier alpha value is -2.93. The number of piperazine rings is 1. The summed E-state index contributed by atoms with van der Waals surface area (Å²) in [5.74, 6) is 0.575. The number of nitrogens with zero attached hydrogens (tertiary/aromatic N) is 4. The largest absolute Gasteiger partial charge is 0.497 e. The third-order valence-corrected chi connectivity index (χ3v) is 5.67. The number of carbonyl (C=O) groups excluding carboxylic acids is 2. The molecule has 1 unspecified atom stereocenters. The van der Waals surface area contributed by atoms with Crippen LogP contribution in [-0.4, -0.2) is 66.4 Å². The fourth-order valence-corrected chi connectivity index (χ4v) is 4.02. The van der Waals surface area contributed by atoms with Gasteiger partial charge >= 0.3 is 0 Å². The van der Waals surface area contributed by atoms with Crippen molar-refractivity contribution < 1.29 is 14.3 Å². The third-order valence-electron chi connectivity index (χ3n) is 5.67. The zero-order chi connectivity index (χ0) is 20.2. The van der Waals surface area contributed by atoms with E-state index in [0.29, 0.717) is 19.6 Å². The molecule has 3 heterocycles. The van der Waals surface area contributed by atoms with Gasteiger partial charge in [0.05, 0.1) is 13.0 Å². The molecular weight excluding hydrogens is 368 g/mol. The average Bonchev–Trinajstić information content (AvgIpc) is 3.16. The second-order valence-electron chi connectivity index (χ2n) is 7.57. The normalized spacial score (nSPS) is 20.2. The van der Waals surface area contributed by atoms with Crippen LogP contribution >= 0.6 is 0 Å². The van der Waals surface area contributed by atoms with E-state index in [1.165, 1.54) is 5.56 Å². The molecule has 2 fully saturated rings. The number of hydrogen-bond donors (Lipinski definition) is 0. The van der Waals surface area contributed by atoms with Crippen molar-refractivity contribution in [2.24, 2.45) is 5.92 Å². The topological polar surface area (TPSA) is 66.0 Å². The summed E-state index contributed by atoms with van der Waals surface area (Å²) < 4.78 is 5.17. The van der Waals surface area contributed by atoms with Gasteiger partial charge in [0.1, 0.15) is 5.75 Å². The molecule has 0 aliphatic carbocycles. The second-order valence-corrected chi connectivity index (χ2v) is 7.57. The number of hydrogen-bond acceptors (Lipinski definition) is 5. The zero-order valence-electron chi connectivity index (χ0n) is 16.7. The molecular formula is C22H26N4O3. The molecule has 0 spiro atoms. The van der Waals surface area contributed by atoms with Crippen LogP contribution in [-0.2, 0) is 16.1 Å². The van der Waals surface area contributed by atoms with Gasteiger partial charge < -0.3 is 14.5 Å². The lowest BCUT2D eigenvalue weighted by atomic mass is 10.1. The van der Waals surface area contributed by atoms with E-state index in [1.807, 2.05) is 41.4 Å². The Kier molecular flexibility index (Phi) is 5.76. The summed E-state index contributed by atoms with van der Waals surface area (Å²) >= 11 is 0. The van der Waals surface area contributed by atoms with Crippen LogP contribution < -0.4 is 9.64 Å². The lowest BCUT2D eigenvalue weighted by molar-refractivity contribution is -0.137. The monoisotopic (exact) mass is 394 g/mol. The van der Waals surface area contributed by atoms with Gasteiger partial charge in [-0.1, -0.05) is 6.07 Å². The van der Waals surface area contributed by atoms with Crippen LogP contribution in [0.1, 0.15) is 12.0 Å². The van der Waals surface area contributed by atoms with Gasteiger partial charge in [0, 0.05) is 63.8 Å². The van der Waals surface area contributed by atoms with Crippen molar-refractivity contribution in [2.75, 3.05) is 44.7 Å². The smallest absolute Gasteiger partial charge is 0.228 e. The Labute approximate surface area is 170 Å². The molecule has 2 saturated heterocycles. The third kappa shape index (κ3) is 4.40. The summed E-state index contributed by atoms with van der Waals surface area (Å²) in [6.07, 6.45) is 3.94. The van der Waals surface area contributed by atoms with E-state index in [0.717, 1.165) is 31.1 Å². The zero-order valence-corrected chi connectivity index (χ0v) is 16.7. The highest BCUT2D eigenvalue weighted by Crippen LogP contribution is 2.28. The number of anilines is 1. The van der Waals surface area contributed by atoms with Gasteiger partial charge in [0.25, 0.3) is 0 Å². The van der Waals surface area contributed by atoms with Crippen molar-refractivity contribution in [3.05, 3.63) is 54.4 Å². The Bertz CT molecular complexity index is 848. The number of rotatable bonds is 5.